The van der Waals surface area contributed by atoms with E-state index in [1.807, 2.05) is 43.3 Å². The van der Waals surface area contributed by atoms with E-state index in [9.17, 15) is 19.7 Å². The number of hydrogen-bond donors (Lipinski definition) is 0. The molecule has 3 aromatic carbocycles. The molecule has 8 nitrogen and oxygen atoms in total. The predicted octanol–water partition coefficient (Wildman–Crippen LogP) is 6.54. The zero-order chi connectivity index (χ0) is 27.1. The highest BCUT2D eigenvalue weighted by Crippen LogP contribution is 2.38. The summed E-state index contributed by atoms with van der Waals surface area (Å²) >= 11 is 0.852. The van der Waals surface area contributed by atoms with Gasteiger partial charge >= 0.3 is 0 Å². The van der Waals surface area contributed by atoms with Gasteiger partial charge in [0.15, 0.2) is 11.5 Å². The fraction of sp³-hybridized carbons (Fsp3) is 0.172. The lowest BCUT2D eigenvalue weighted by Crippen LogP contribution is -2.27. The molecule has 0 spiro atoms. The van der Waals surface area contributed by atoms with Crippen molar-refractivity contribution in [2.24, 2.45) is 0 Å². The number of amides is 2. The average Bonchev–Trinajstić information content (AvgIpc) is 3.16. The summed E-state index contributed by atoms with van der Waals surface area (Å²) in [6.07, 6.45) is 3.95. The minimum absolute atomic E-state index is 0.0260. The van der Waals surface area contributed by atoms with Crippen molar-refractivity contribution in [1.82, 2.24) is 4.90 Å². The Hall–Kier alpha value is -4.37. The third-order valence-corrected chi connectivity index (χ3v) is 6.61. The maximum absolute atomic E-state index is 13.1. The van der Waals surface area contributed by atoms with Crippen LogP contribution in [0.2, 0.25) is 0 Å². The maximum atomic E-state index is 13.1. The first-order valence-electron chi connectivity index (χ1n) is 12.0. The first kappa shape index (κ1) is 26.7. The van der Waals surface area contributed by atoms with Crippen molar-refractivity contribution in [3.8, 4) is 11.5 Å². The van der Waals surface area contributed by atoms with E-state index in [0.29, 0.717) is 42.3 Å². The van der Waals surface area contributed by atoms with Crippen molar-refractivity contribution < 1.29 is 24.0 Å². The van der Waals surface area contributed by atoms with Gasteiger partial charge in [0.2, 0.25) is 0 Å². The van der Waals surface area contributed by atoms with Gasteiger partial charge in [0, 0.05) is 17.7 Å². The van der Waals surface area contributed by atoms with E-state index in [2.05, 4.69) is 6.58 Å². The summed E-state index contributed by atoms with van der Waals surface area (Å²) in [5, 5.41) is 10.5. The second kappa shape index (κ2) is 12.2. The Kier molecular flexibility index (Phi) is 8.60. The topological polar surface area (TPSA) is 99.0 Å². The van der Waals surface area contributed by atoms with Crippen molar-refractivity contribution >= 4 is 34.7 Å². The zero-order valence-electron chi connectivity index (χ0n) is 20.8. The Bertz CT molecular complexity index is 1390. The molecule has 0 unspecified atom stereocenters. The number of nitrogens with zero attached hydrogens (tertiary/aromatic N) is 2. The molecular formula is C29H26N2O6S. The summed E-state index contributed by atoms with van der Waals surface area (Å²) in [5.74, 6) is 0.726. The standard InChI is InChI=1S/C29H26N2O6S/c1-3-8-23-15-22(16-25(36-4-2)27(23)37-19-21-9-6-5-7-10-21)17-26-28(32)30(29(33)38-26)18-20-11-13-24(14-12-20)31(34)35/h3,5-7,9-17H,1,4,8,18-19H2,2H3/b26-17-. The molecule has 194 valence electrons. The van der Waals surface area contributed by atoms with Crippen LogP contribution in [0.15, 0.2) is 84.3 Å². The quantitative estimate of drug-likeness (QED) is 0.120. The molecular weight excluding hydrogens is 504 g/mol. The van der Waals surface area contributed by atoms with Crippen LogP contribution in [0.3, 0.4) is 0 Å². The lowest BCUT2D eigenvalue weighted by atomic mass is 10.0. The molecule has 1 aliphatic rings. The molecule has 3 aromatic rings. The van der Waals surface area contributed by atoms with Gasteiger partial charge in [-0.1, -0.05) is 48.5 Å². The summed E-state index contributed by atoms with van der Waals surface area (Å²) < 4.78 is 12.0. The molecule has 1 heterocycles. The molecule has 0 aromatic heterocycles. The van der Waals surface area contributed by atoms with Crippen LogP contribution in [0, 0.1) is 10.1 Å². The smallest absolute Gasteiger partial charge is 0.293 e. The number of thioether (sulfide) groups is 1. The van der Waals surface area contributed by atoms with Crippen molar-refractivity contribution in [1.29, 1.82) is 0 Å². The molecule has 9 heteroatoms. The SMILES string of the molecule is C=CCc1cc(/C=C2\SC(=O)N(Cc3ccc([N+](=O)[O-])cc3)C2=O)cc(OCC)c1OCc1ccccc1. The van der Waals surface area contributed by atoms with Gasteiger partial charge in [0.1, 0.15) is 6.61 Å². The number of nitro groups is 1. The number of hydrogen-bond acceptors (Lipinski definition) is 7. The Balaban J connectivity index is 1.59. The van der Waals surface area contributed by atoms with E-state index >= 15 is 0 Å². The first-order valence-corrected chi connectivity index (χ1v) is 12.8. The van der Waals surface area contributed by atoms with E-state index in [-0.39, 0.29) is 17.1 Å². The van der Waals surface area contributed by atoms with Crippen LogP contribution in [0.5, 0.6) is 11.5 Å². The van der Waals surface area contributed by atoms with E-state index in [1.54, 1.807) is 18.2 Å². The maximum Gasteiger partial charge on any atom is 0.293 e. The average molecular weight is 531 g/mol. The Morgan fingerprint density at radius 2 is 1.76 bits per heavy atom. The Morgan fingerprint density at radius 1 is 1.03 bits per heavy atom. The second-order valence-corrected chi connectivity index (χ2v) is 9.39. The van der Waals surface area contributed by atoms with E-state index in [4.69, 9.17) is 9.47 Å². The minimum Gasteiger partial charge on any atom is -0.490 e. The van der Waals surface area contributed by atoms with Gasteiger partial charge in [0.25, 0.3) is 16.8 Å². The lowest BCUT2D eigenvalue weighted by molar-refractivity contribution is -0.384. The molecule has 0 atom stereocenters. The van der Waals surface area contributed by atoms with Crippen LogP contribution in [0.4, 0.5) is 10.5 Å². The minimum atomic E-state index is -0.498. The lowest BCUT2D eigenvalue weighted by Gasteiger charge is -2.17. The van der Waals surface area contributed by atoms with Crippen LogP contribution in [-0.4, -0.2) is 27.6 Å². The van der Waals surface area contributed by atoms with Gasteiger partial charge in [-0.2, -0.15) is 0 Å². The highest BCUT2D eigenvalue weighted by Gasteiger charge is 2.35. The molecule has 0 saturated carbocycles. The fourth-order valence-corrected chi connectivity index (χ4v) is 4.76. The molecule has 1 aliphatic heterocycles. The summed E-state index contributed by atoms with van der Waals surface area (Å²) in [4.78, 5) is 37.5. The zero-order valence-corrected chi connectivity index (χ0v) is 21.6. The van der Waals surface area contributed by atoms with E-state index < -0.39 is 16.1 Å². The number of allylic oxidation sites excluding steroid dienone is 1. The number of non-ortho nitro benzene ring substituents is 1. The van der Waals surface area contributed by atoms with Gasteiger partial charge < -0.3 is 9.47 Å². The van der Waals surface area contributed by atoms with Crippen LogP contribution in [0.1, 0.15) is 29.2 Å². The molecule has 0 aliphatic carbocycles. The van der Waals surface area contributed by atoms with E-state index in [1.165, 1.54) is 24.3 Å². The third-order valence-electron chi connectivity index (χ3n) is 5.70. The van der Waals surface area contributed by atoms with Crippen LogP contribution < -0.4 is 9.47 Å². The summed E-state index contributed by atoms with van der Waals surface area (Å²) in [6, 6.07) is 19.3. The van der Waals surface area contributed by atoms with Gasteiger partial charge in [-0.3, -0.25) is 24.6 Å². The molecule has 0 radical (unpaired) electrons. The number of imide groups is 1. The monoisotopic (exact) mass is 530 g/mol. The molecule has 38 heavy (non-hydrogen) atoms. The summed E-state index contributed by atoms with van der Waals surface area (Å²) in [5.41, 5.74) is 3.12. The molecule has 0 N–H and O–H groups in total. The molecule has 2 amide bonds. The summed E-state index contributed by atoms with van der Waals surface area (Å²) in [7, 11) is 0. The number of rotatable bonds is 11. The Morgan fingerprint density at radius 3 is 2.42 bits per heavy atom. The molecule has 1 saturated heterocycles. The largest absolute Gasteiger partial charge is 0.490 e. The summed E-state index contributed by atoms with van der Waals surface area (Å²) in [6.45, 7) is 6.55. The first-order chi connectivity index (χ1) is 18.4. The number of carbonyl (C=O) groups is 2. The van der Waals surface area contributed by atoms with Gasteiger partial charge in [-0.15, -0.1) is 6.58 Å². The number of ether oxygens (including phenoxy) is 2. The highest BCUT2D eigenvalue weighted by molar-refractivity contribution is 8.18. The third kappa shape index (κ3) is 6.30. The highest BCUT2D eigenvalue weighted by atomic mass is 32.2. The molecule has 0 bridgehead atoms. The van der Waals surface area contributed by atoms with Gasteiger partial charge in [0.05, 0.1) is 23.0 Å². The van der Waals surface area contributed by atoms with Crippen molar-refractivity contribution in [2.45, 2.75) is 26.5 Å². The molecule has 1 fully saturated rings. The van der Waals surface area contributed by atoms with E-state index in [0.717, 1.165) is 27.8 Å². The van der Waals surface area contributed by atoms with Crippen molar-refractivity contribution in [3.05, 3.63) is 117 Å². The Labute approximate surface area is 224 Å². The predicted molar refractivity (Wildman–Crippen MR) is 147 cm³/mol. The van der Waals surface area contributed by atoms with Crippen LogP contribution >= 0.6 is 11.8 Å². The van der Waals surface area contributed by atoms with Gasteiger partial charge in [-0.05, 0) is 60.0 Å². The van der Waals surface area contributed by atoms with Gasteiger partial charge in [-0.25, -0.2) is 0 Å². The van der Waals surface area contributed by atoms with Crippen LogP contribution in [-0.2, 0) is 24.4 Å². The normalized spacial score (nSPS) is 14.1. The van der Waals surface area contributed by atoms with Crippen molar-refractivity contribution in [3.63, 3.8) is 0 Å². The van der Waals surface area contributed by atoms with Crippen molar-refractivity contribution in [2.75, 3.05) is 6.61 Å². The van der Waals surface area contributed by atoms with Crippen LogP contribution in [0.25, 0.3) is 6.08 Å². The number of benzene rings is 3. The number of nitro benzene ring substituents is 1. The molecule has 4 rings (SSSR count). The number of carbonyl (C=O) groups excluding carboxylic acids is 2. The fourth-order valence-electron chi connectivity index (χ4n) is 3.92. The second-order valence-electron chi connectivity index (χ2n) is 8.40.